The van der Waals surface area contributed by atoms with Gasteiger partial charge < -0.3 is 10.4 Å². The van der Waals surface area contributed by atoms with Crippen LogP contribution in [0.5, 0.6) is 0 Å². The van der Waals surface area contributed by atoms with E-state index in [9.17, 15) is 9.59 Å². The predicted octanol–water partition coefficient (Wildman–Crippen LogP) is 0.912. The van der Waals surface area contributed by atoms with Gasteiger partial charge in [0, 0.05) is 5.69 Å². The molecule has 0 atom stereocenters. The van der Waals surface area contributed by atoms with E-state index in [4.69, 9.17) is 5.11 Å². The van der Waals surface area contributed by atoms with Crippen LogP contribution in [0.1, 0.15) is 41.9 Å². The zero-order valence-electron chi connectivity index (χ0n) is 10.1. The van der Waals surface area contributed by atoms with Gasteiger partial charge in [0.25, 0.3) is 5.91 Å². The number of aliphatic carboxylic acids is 1. The Morgan fingerprint density at radius 3 is 2.67 bits per heavy atom. The number of nitrogens with one attached hydrogen (secondary N) is 1. The molecular formula is C12H15N3O3. The van der Waals surface area contributed by atoms with Crippen molar-refractivity contribution >= 4 is 11.9 Å². The summed E-state index contributed by atoms with van der Waals surface area (Å²) in [5.74, 6) is -1.23. The van der Waals surface area contributed by atoms with E-state index in [1.165, 1.54) is 6.33 Å². The first kappa shape index (κ1) is 12.5. The molecule has 1 saturated carbocycles. The Morgan fingerprint density at radius 1 is 1.44 bits per heavy atom. The third kappa shape index (κ3) is 2.64. The maximum atomic E-state index is 12.0. The highest BCUT2D eigenvalue weighted by atomic mass is 16.4. The van der Waals surface area contributed by atoms with Crippen LogP contribution in [0.25, 0.3) is 0 Å². The third-order valence-corrected chi connectivity index (χ3v) is 3.22. The van der Waals surface area contributed by atoms with Crippen LogP contribution in [-0.4, -0.2) is 32.5 Å². The lowest BCUT2D eigenvalue weighted by molar-refractivity contribution is -0.139. The Morgan fingerprint density at radius 2 is 2.17 bits per heavy atom. The average Bonchev–Trinajstić information content (AvgIpc) is 2.25. The van der Waals surface area contributed by atoms with Gasteiger partial charge in [-0.15, -0.1) is 0 Å². The smallest absolute Gasteiger partial charge is 0.305 e. The fraction of sp³-hybridized carbons (Fsp3) is 0.500. The van der Waals surface area contributed by atoms with E-state index in [0.717, 1.165) is 6.42 Å². The van der Waals surface area contributed by atoms with Crippen molar-refractivity contribution in [2.45, 2.75) is 38.1 Å². The average molecular weight is 249 g/mol. The van der Waals surface area contributed by atoms with Gasteiger partial charge in [0.05, 0.1) is 12.0 Å². The number of rotatable bonds is 4. The van der Waals surface area contributed by atoms with Gasteiger partial charge in [-0.3, -0.25) is 9.59 Å². The van der Waals surface area contributed by atoms with Crippen molar-refractivity contribution in [1.82, 2.24) is 15.3 Å². The molecule has 1 amide bonds. The molecule has 96 valence electrons. The second-order valence-corrected chi connectivity index (χ2v) is 4.70. The van der Waals surface area contributed by atoms with Gasteiger partial charge in [0.15, 0.2) is 0 Å². The first-order chi connectivity index (χ1) is 8.51. The number of aryl methyl sites for hydroxylation is 1. The molecule has 2 N–H and O–H groups in total. The molecule has 6 nitrogen and oxygen atoms in total. The number of carboxylic acids is 1. The number of carbonyl (C=O) groups excluding carboxylic acids is 1. The Kier molecular flexibility index (Phi) is 3.27. The van der Waals surface area contributed by atoms with E-state index in [1.807, 2.05) is 0 Å². The fourth-order valence-electron chi connectivity index (χ4n) is 2.12. The molecule has 0 unspecified atom stereocenters. The first-order valence-corrected chi connectivity index (χ1v) is 5.84. The maximum Gasteiger partial charge on any atom is 0.305 e. The van der Waals surface area contributed by atoms with E-state index in [1.54, 1.807) is 13.0 Å². The van der Waals surface area contributed by atoms with Crippen molar-refractivity contribution in [1.29, 1.82) is 0 Å². The van der Waals surface area contributed by atoms with E-state index >= 15 is 0 Å². The molecule has 18 heavy (non-hydrogen) atoms. The molecule has 0 aromatic carbocycles. The summed E-state index contributed by atoms with van der Waals surface area (Å²) in [5.41, 5.74) is 0.386. The van der Waals surface area contributed by atoms with E-state index in [2.05, 4.69) is 15.3 Å². The fourth-order valence-corrected chi connectivity index (χ4v) is 2.12. The van der Waals surface area contributed by atoms with Crippen LogP contribution in [0.3, 0.4) is 0 Å². The molecule has 0 radical (unpaired) electrons. The number of hydrogen-bond donors (Lipinski definition) is 2. The monoisotopic (exact) mass is 249 g/mol. The van der Waals surface area contributed by atoms with Gasteiger partial charge in [-0.2, -0.15) is 0 Å². The highest BCUT2D eigenvalue weighted by Gasteiger charge is 2.40. The van der Waals surface area contributed by atoms with E-state index < -0.39 is 11.5 Å². The summed E-state index contributed by atoms with van der Waals surface area (Å²) in [7, 11) is 0. The molecule has 0 bridgehead atoms. The minimum atomic E-state index is -0.895. The lowest BCUT2D eigenvalue weighted by atomic mass is 9.74. The largest absolute Gasteiger partial charge is 0.481 e. The molecule has 1 aliphatic rings. The lowest BCUT2D eigenvalue weighted by Gasteiger charge is -2.41. The summed E-state index contributed by atoms with van der Waals surface area (Å²) in [6.45, 7) is 1.77. The SMILES string of the molecule is Cc1cc(C(=O)NC2(CC(=O)O)CCC2)ncn1. The topological polar surface area (TPSA) is 92.2 Å². The van der Waals surface area contributed by atoms with Crippen molar-refractivity contribution in [2.75, 3.05) is 0 Å². The first-order valence-electron chi connectivity index (χ1n) is 5.84. The maximum absolute atomic E-state index is 12.0. The van der Waals surface area contributed by atoms with Crippen molar-refractivity contribution in [3.05, 3.63) is 23.8 Å². The standard InChI is InChI=1S/C12H15N3O3/c1-8-5-9(14-7-13-8)11(18)15-12(3-2-4-12)6-10(16)17/h5,7H,2-4,6H2,1H3,(H,15,18)(H,16,17). The molecule has 1 aliphatic carbocycles. The zero-order chi connectivity index (χ0) is 13.2. The summed E-state index contributed by atoms with van der Waals surface area (Å²) in [5, 5.41) is 11.7. The molecule has 1 heterocycles. The number of carbonyl (C=O) groups is 2. The molecular weight excluding hydrogens is 234 g/mol. The summed E-state index contributed by atoms with van der Waals surface area (Å²) in [6.07, 6.45) is 3.64. The molecule has 1 aromatic rings. The van der Waals surface area contributed by atoms with Crippen LogP contribution in [0.4, 0.5) is 0 Å². The van der Waals surface area contributed by atoms with Gasteiger partial charge in [-0.1, -0.05) is 0 Å². The van der Waals surface area contributed by atoms with Crippen LogP contribution in [-0.2, 0) is 4.79 Å². The second-order valence-electron chi connectivity index (χ2n) is 4.70. The molecule has 0 aliphatic heterocycles. The van der Waals surface area contributed by atoms with Gasteiger partial charge in [0.1, 0.15) is 12.0 Å². The Labute approximate surface area is 104 Å². The molecule has 1 fully saturated rings. The van der Waals surface area contributed by atoms with Crippen molar-refractivity contribution in [3.8, 4) is 0 Å². The number of aromatic nitrogens is 2. The van der Waals surface area contributed by atoms with Crippen molar-refractivity contribution in [2.24, 2.45) is 0 Å². The van der Waals surface area contributed by atoms with E-state index in [0.29, 0.717) is 18.5 Å². The van der Waals surface area contributed by atoms with Gasteiger partial charge >= 0.3 is 5.97 Å². The Bertz CT molecular complexity index is 483. The number of hydrogen-bond acceptors (Lipinski definition) is 4. The molecule has 1 aromatic heterocycles. The Balaban J connectivity index is 2.08. The van der Waals surface area contributed by atoms with Crippen LogP contribution < -0.4 is 5.32 Å². The quantitative estimate of drug-likeness (QED) is 0.827. The van der Waals surface area contributed by atoms with E-state index in [-0.39, 0.29) is 18.0 Å². The van der Waals surface area contributed by atoms with Gasteiger partial charge in [0.2, 0.25) is 0 Å². The molecule has 0 saturated heterocycles. The second kappa shape index (κ2) is 4.72. The third-order valence-electron chi connectivity index (χ3n) is 3.22. The number of nitrogens with zero attached hydrogens (tertiary/aromatic N) is 2. The van der Waals surface area contributed by atoms with Crippen LogP contribution in [0.2, 0.25) is 0 Å². The van der Waals surface area contributed by atoms with Gasteiger partial charge in [-0.05, 0) is 32.3 Å². The zero-order valence-corrected chi connectivity index (χ0v) is 10.1. The molecule has 0 spiro atoms. The van der Waals surface area contributed by atoms with Crippen molar-refractivity contribution in [3.63, 3.8) is 0 Å². The van der Waals surface area contributed by atoms with Crippen molar-refractivity contribution < 1.29 is 14.7 Å². The normalized spacial score (nSPS) is 16.7. The highest BCUT2D eigenvalue weighted by Crippen LogP contribution is 2.35. The summed E-state index contributed by atoms with van der Waals surface area (Å²) < 4.78 is 0. The van der Waals surface area contributed by atoms with Crippen LogP contribution in [0, 0.1) is 6.92 Å². The summed E-state index contributed by atoms with van der Waals surface area (Å²) >= 11 is 0. The number of carboxylic acid groups (broad SMARTS) is 1. The van der Waals surface area contributed by atoms with Gasteiger partial charge in [-0.25, -0.2) is 9.97 Å². The minimum absolute atomic E-state index is 0.0389. The van der Waals surface area contributed by atoms with Crippen LogP contribution >= 0.6 is 0 Å². The lowest BCUT2D eigenvalue weighted by Crippen LogP contribution is -2.54. The highest BCUT2D eigenvalue weighted by molar-refractivity contribution is 5.93. The van der Waals surface area contributed by atoms with Crippen LogP contribution in [0.15, 0.2) is 12.4 Å². The molecule has 2 rings (SSSR count). The Hall–Kier alpha value is -1.98. The predicted molar refractivity (Wildman–Crippen MR) is 63.1 cm³/mol. The minimum Gasteiger partial charge on any atom is -0.481 e. The summed E-state index contributed by atoms with van der Waals surface area (Å²) in [4.78, 5) is 30.6. The summed E-state index contributed by atoms with van der Waals surface area (Å²) in [6, 6.07) is 1.59. The molecule has 6 heteroatoms. The number of amides is 1.